The monoisotopic (exact) mass is 356 g/mol. The average molecular weight is 356 g/mol. The molecule has 0 aliphatic carbocycles. The number of amides is 1. The first-order valence-corrected chi connectivity index (χ1v) is 6.34. The van der Waals surface area contributed by atoms with E-state index >= 15 is 0 Å². The van der Waals surface area contributed by atoms with Crippen molar-refractivity contribution in [2.45, 2.75) is 6.92 Å². The molecule has 3 nitrogen and oxygen atoms in total. The zero-order chi connectivity index (χ0) is 13.1. The Balaban J connectivity index is 2.18. The topological polar surface area (TPSA) is 42.0 Å². The summed E-state index contributed by atoms with van der Waals surface area (Å²) in [4.78, 5) is 16.1. The first-order valence-electron chi connectivity index (χ1n) is 5.26. The molecule has 1 aromatic heterocycles. The van der Waals surface area contributed by atoms with Crippen molar-refractivity contribution in [3.05, 3.63) is 57.0 Å². The van der Waals surface area contributed by atoms with Crippen LogP contribution in [0, 0.1) is 16.3 Å². The number of carbonyl (C=O) groups excluding carboxylic acids is 1. The number of aryl methyl sites for hydroxylation is 1. The van der Waals surface area contributed by atoms with Gasteiger partial charge in [0.2, 0.25) is 0 Å². The summed E-state index contributed by atoms with van der Waals surface area (Å²) in [6.45, 7) is 1.86. The zero-order valence-corrected chi connectivity index (χ0v) is 11.7. The molecule has 0 aliphatic rings. The summed E-state index contributed by atoms with van der Waals surface area (Å²) in [5, 5.41) is 2.63. The molecule has 0 unspecified atom stereocenters. The molecule has 0 saturated carbocycles. The number of rotatable bonds is 2. The third-order valence-corrected chi connectivity index (χ3v) is 3.49. The molecular formula is C13H10FIN2O. The number of hydrogen-bond acceptors (Lipinski definition) is 2. The quantitative estimate of drug-likeness (QED) is 0.839. The van der Waals surface area contributed by atoms with Crippen LogP contribution in [0.5, 0.6) is 0 Å². The first kappa shape index (κ1) is 12.9. The Morgan fingerprint density at radius 1 is 1.33 bits per heavy atom. The number of carbonyl (C=O) groups is 1. The highest BCUT2D eigenvalue weighted by Crippen LogP contribution is 2.13. The summed E-state index contributed by atoms with van der Waals surface area (Å²) in [5.41, 5.74) is 1.11. The number of nitrogens with zero attached hydrogens (tertiary/aromatic N) is 1. The van der Waals surface area contributed by atoms with Gasteiger partial charge in [0.1, 0.15) is 11.6 Å². The van der Waals surface area contributed by atoms with Crippen LogP contribution in [0.1, 0.15) is 16.1 Å². The molecule has 2 rings (SSSR count). The summed E-state index contributed by atoms with van der Waals surface area (Å²) in [6.07, 6.45) is 0. The van der Waals surface area contributed by atoms with Gasteiger partial charge in [-0.25, -0.2) is 9.37 Å². The van der Waals surface area contributed by atoms with Crippen molar-refractivity contribution >= 4 is 34.3 Å². The minimum atomic E-state index is -0.436. The van der Waals surface area contributed by atoms with Gasteiger partial charge in [0.05, 0.1) is 5.69 Å². The van der Waals surface area contributed by atoms with Crippen LogP contribution >= 0.6 is 22.6 Å². The van der Waals surface area contributed by atoms with Gasteiger partial charge in [-0.2, -0.15) is 0 Å². The second-order valence-electron chi connectivity index (χ2n) is 3.73. The summed E-state index contributed by atoms with van der Waals surface area (Å²) in [5.74, 6) is -0.348. The molecule has 92 valence electrons. The van der Waals surface area contributed by atoms with E-state index in [0.717, 1.165) is 9.26 Å². The highest BCUT2D eigenvalue weighted by molar-refractivity contribution is 14.1. The maximum Gasteiger partial charge on any atom is 0.256 e. The number of halogens is 2. The van der Waals surface area contributed by atoms with Gasteiger partial charge < -0.3 is 5.32 Å². The van der Waals surface area contributed by atoms with Gasteiger partial charge in [-0.05, 0) is 59.8 Å². The van der Waals surface area contributed by atoms with E-state index in [1.807, 2.05) is 13.0 Å². The van der Waals surface area contributed by atoms with Crippen molar-refractivity contribution in [3.63, 3.8) is 0 Å². The molecule has 0 aliphatic heterocycles. The maximum absolute atomic E-state index is 13.0. The second kappa shape index (κ2) is 5.43. The van der Waals surface area contributed by atoms with Crippen LogP contribution in [0.4, 0.5) is 10.2 Å². The highest BCUT2D eigenvalue weighted by atomic mass is 127. The predicted octanol–water partition coefficient (Wildman–Crippen LogP) is 3.39. The van der Waals surface area contributed by atoms with E-state index in [4.69, 9.17) is 0 Å². The lowest BCUT2D eigenvalue weighted by molar-refractivity contribution is 0.102. The molecule has 1 heterocycles. The van der Waals surface area contributed by atoms with Gasteiger partial charge in [-0.1, -0.05) is 6.07 Å². The fourth-order valence-corrected chi connectivity index (χ4v) is 1.73. The van der Waals surface area contributed by atoms with E-state index in [1.54, 1.807) is 12.1 Å². The number of hydrogen-bond donors (Lipinski definition) is 1. The summed E-state index contributed by atoms with van der Waals surface area (Å²) >= 11 is 2.17. The minimum absolute atomic E-state index is 0.271. The van der Waals surface area contributed by atoms with Gasteiger partial charge in [0, 0.05) is 9.13 Å². The fourth-order valence-electron chi connectivity index (χ4n) is 1.43. The van der Waals surface area contributed by atoms with E-state index < -0.39 is 5.82 Å². The Labute approximate surface area is 118 Å². The van der Waals surface area contributed by atoms with E-state index in [1.165, 1.54) is 18.2 Å². The van der Waals surface area contributed by atoms with E-state index in [9.17, 15) is 9.18 Å². The molecular weight excluding hydrogens is 346 g/mol. The standard InChI is InChI=1S/C13H10FIN2O/c1-8-11(15)5-6-12(16-8)17-13(18)9-3-2-4-10(14)7-9/h2-7H,1H3,(H,16,17,18). The number of benzene rings is 1. The molecule has 0 radical (unpaired) electrons. The molecule has 1 amide bonds. The third kappa shape index (κ3) is 3.04. The number of anilines is 1. The number of aromatic nitrogens is 1. The van der Waals surface area contributed by atoms with E-state index in [-0.39, 0.29) is 11.5 Å². The van der Waals surface area contributed by atoms with Gasteiger partial charge in [-0.3, -0.25) is 4.79 Å². The van der Waals surface area contributed by atoms with Crippen LogP contribution in [0.15, 0.2) is 36.4 Å². The summed E-state index contributed by atoms with van der Waals surface area (Å²) in [6, 6.07) is 9.11. The van der Waals surface area contributed by atoms with Crippen LogP contribution < -0.4 is 5.32 Å². The Hall–Kier alpha value is -1.50. The molecule has 1 N–H and O–H groups in total. The lowest BCUT2D eigenvalue weighted by Gasteiger charge is -2.06. The molecule has 18 heavy (non-hydrogen) atoms. The van der Waals surface area contributed by atoms with Gasteiger partial charge >= 0.3 is 0 Å². The van der Waals surface area contributed by atoms with Crippen molar-refractivity contribution in [1.82, 2.24) is 4.98 Å². The van der Waals surface area contributed by atoms with Gasteiger partial charge in [0.25, 0.3) is 5.91 Å². The first-order chi connectivity index (χ1) is 8.56. The molecule has 1 aromatic carbocycles. The van der Waals surface area contributed by atoms with Crippen LogP contribution in [0.3, 0.4) is 0 Å². The molecule has 5 heteroatoms. The number of pyridine rings is 1. The predicted molar refractivity (Wildman–Crippen MR) is 76.0 cm³/mol. The van der Waals surface area contributed by atoms with E-state index in [0.29, 0.717) is 5.82 Å². The van der Waals surface area contributed by atoms with Crippen LogP contribution in [0.25, 0.3) is 0 Å². The normalized spacial score (nSPS) is 10.2. The summed E-state index contributed by atoms with van der Waals surface area (Å²) < 4.78 is 14.0. The largest absolute Gasteiger partial charge is 0.307 e. The SMILES string of the molecule is Cc1nc(NC(=O)c2cccc(F)c2)ccc1I. The van der Waals surface area contributed by atoms with Gasteiger partial charge in [0.15, 0.2) is 0 Å². The maximum atomic E-state index is 13.0. The van der Waals surface area contributed by atoms with Crippen molar-refractivity contribution in [1.29, 1.82) is 0 Å². The number of nitrogens with one attached hydrogen (secondary N) is 1. The second-order valence-corrected chi connectivity index (χ2v) is 4.89. The lowest BCUT2D eigenvalue weighted by Crippen LogP contribution is -2.13. The molecule has 0 saturated heterocycles. The van der Waals surface area contributed by atoms with Crippen molar-refractivity contribution in [3.8, 4) is 0 Å². The van der Waals surface area contributed by atoms with Crippen molar-refractivity contribution < 1.29 is 9.18 Å². The molecule has 0 fully saturated rings. The molecule has 0 spiro atoms. The minimum Gasteiger partial charge on any atom is -0.307 e. The van der Waals surface area contributed by atoms with Crippen LogP contribution in [0.2, 0.25) is 0 Å². The highest BCUT2D eigenvalue weighted by Gasteiger charge is 2.08. The third-order valence-electron chi connectivity index (χ3n) is 2.35. The van der Waals surface area contributed by atoms with Crippen molar-refractivity contribution in [2.24, 2.45) is 0 Å². The smallest absolute Gasteiger partial charge is 0.256 e. The Kier molecular flexibility index (Phi) is 3.90. The zero-order valence-electron chi connectivity index (χ0n) is 9.58. The summed E-state index contributed by atoms with van der Waals surface area (Å²) in [7, 11) is 0. The lowest BCUT2D eigenvalue weighted by atomic mass is 10.2. The molecule has 2 aromatic rings. The van der Waals surface area contributed by atoms with Crippen LogP contribution in [-0.4, -0.2) is 10.9 Å². The van der Waals surface area contributed by atoms with Gasteiger partial charge in [-0.15, -0.1) is 0 Å². The van der Waals surface area contributed by atoms with Crippen LogP contribution in [-0.2, 0) is 0 Å². The fraction of sp³-hybridized carbons (Fsp3) is 0.0769. The Morgan fingerprint density at radius 3 is 2.78 bits per heavy atom. The molecule has 0 atom stereocenters. The molecule has 0 bridgehead atoms. The Bertz CT molecular complexity index is 601. The van der Waals surface area contributed by atoms with E-state index in [2.05, 4.69) is 32.9 Å². The Morgan fingerprint density at radius 2 is 2.11 bits per heavy atom. The average Bonchev–Trinajstić information content (AvgIpc) is 2.34. The van der Waals surface area contributed by atoms with Crippen molar-refractivity contribution in [2.75, 3.05) is 5.32 Å².